The number of carbonyl (C=O) groups excluding carboxylic acids is 1. The van der Waals surface area contributed by atoms with Crippen LogP contribution in [0, 0.1) is 23.2 Å². The van der Waals surface area contributed by atoms with Gasteiger partial charge in [-0.2, -0.15) is 0 Å². The standard InChI is InChI=1S/C20H26N4O/c1-13(20-9-14-6-15(10-20)8-16(7-14)11-20)21-19(25)12-24-18-5-3-2-4-17(18)22-23-24/h2-5,13-16H,6-12H2,1H3,(H,21,25). The molecule has 4 fully saturated rings. The molecule has 1 heterocycles. The van der Waals surface area contributed by atoms with Crippen LogP contribution < -0.4 is 5.32 Å². The van der Waals surface area contributed by atoms with Gasteiger partial charge in [0.1, 0.15) is 12.1 Å². The first kappa shape index (κ1) is 15.4. The normalized spacial score (nSPS) is 34.4. The Balaban J connectivity index is 1.29. The third-order valence-electron chi connectivity index (χ3n) is 7.10. The Morgan fingerprint density at radius 3 is 2.52 bits per heavy atom. The van der Waals surface area contributed by atoms with Gasteiger partial charge >= 0.3 is 0 Å². The molecule has 1 aromatic heterocycles. The average molecular weight is 338 g/mol. The predicted octanol–water partition coefficient (Wildman–Crippen LogP) is 3.15. The van der Waals surface area contributed by atoms with E-state index in [9.17, 15) is 4.79 Å². The number of carbonyl (C=O) groups is 1. The molecule has 1 unspecified atom stereocenters. The lowest BCUT2D eigenvalue weighted by molar-refractivity contribution is -0.126. The van der Waals surface area contributed by atoms with Gasteiger partial charge in [0, 0.05) is 6.04 Å². The minimum atomic E-state index is 0.0545. The van der Waals surface area contributed by atoms with Crippen LogP contribution in [0.1, 0.15) is 45.4 Å². The Kier molecular flexibility index (Phi) is 3.41. The molecule has 132 valence electrons. The number of hydrogen-bond acceptors (Lipinski definition) is 3. The number of benzene rings is 1. The van der Waals surface area contributed by atoms with Crippen LogP contribution in [0.2, 0.25) is 0 Å². The second-order valence-electron chi connectivity index (χ2n) is 8.80. The molecule has 5 heteroatoms. The number of nitrogens with one attached hydrogen (secondary N) is 1. The van der Waals surface area contributed by atoms with Crippen LogP contribution in [0.3, 0.4) is 0 Å². The molecule has 4 aliphatic carbocycles. The van der Waals surface area contributed by atoms with Crippen LogP contribution in [-0.4, -0.2) is 26.9 Å². The Morgan fingerprint density at radius 1 is 1.20 bits per heavy atom. The summed E-state index contributed by atoms with van der Waals surface area (Å²) >= 11 is 0. The summed E-state index contributed by atoms with van der Waals surface area (Å²) < 4.78 is 1.71. The molecule has 0 radical (unpaired) electrons. The van der Waals surface area contributed by atoms with Crippen molar-refractivity contribution in [2.45, 2.75) is 58.0 Å². The van der Waals surface area contributed by atoms with Crippen molar-refractivity contribution in [2.75, 3.05) is 0 Å². The van der Waals surface area contributed by atoms with Crippen molar-refractivity contribution in [3.05, 3.63) is 24.3 Å². The van der Waals surface area contributed by atoms with Crippen molar-refractivity contribution in [1.82, 2.24) is 20.3 Å². The second-order valence-corrected chi connectivity index (χ2v) is 8.80. The Morgan fingerprint density at radius 2 is 1.84 bits per heavy atom. The molecule has 1 atom stereocenters. The molecule has 1 aromatic carbocycles. The van der Waals surface area contributed by atoms with Gasteiger partial charge in [0.15, 0.2) is 0 Å². The Bertz CT molecular complexity index is 776. The number of hydrogen-bond donors (Lipinski definition) is 1. The van der Waals surface area contributed by atoms with E-state index in [1.165, 1.54) is 38.5 Å². The molecule has 0 aliphatic heterocycles. The average Bonchev–Trinajstić information content (AvgIpc) is 2.96. The maximum atomic E-state index is 12.7. The lowest BCUT2D eigenvalue weighted by Gasteiger charge is -2.59. The molecular formula is C20H26N4O. The van der Waals surface area contributed by atoms with Crippen LogP contribution in [0.25, 0.3) is 11.0 Å². The van der Waals surface area contributed by atoms with E-state index < -0.39 is 0 Å². The summed E-state index contributed by atoms with van der Waals surface area (Å²) in [5.74, 6) is 2.78. The molecule has 4 saturated carbocycles. The van der Waals surface area contributed by atoms with Gasteiger partial charge in [0.25, 0.3) is 0 Å². The second kappa shape index (κ2) is 5.55. The SMILES string of the molecule is CC(NC(=O)Cn1nnc2ccccc21)C12CC3CC(CC(C3)C1)C2. The molecule has 1 amide bonds. The number of rotatable bonds is 4. The zero-order valence-corrected chi connectivity index (χ0v) is 14.8. The van der Waals surface area contributed by atoms with Crippen LogP contribution >= 0.6 is 0 Å². The van der Waals surface area contributed by atoms with Crippen molar-refractivity contribution in [2.24, 2.45) is 23.2 Å². The first-order valence-corrected chi connectivity index (χ1v) is 9.69. The molecule has 4 aliphatic rings. The number of para-hydroxylation sites is 1. The summed E-state index contributed by atoms with van der Waals surface area (Å²) in [7, 11) is 0. The minimum Gasteiger partial charge on any atom is -0.351 e. The smallest absolute Gasteiger partial charge is 0.242 e. The highest BCUT2D eigenvalue weighted by Crippen LogP contribution is 2.61. The number of amides is 1. The molecule has 0 saturated heterocycles. The number of aromatic nitrogens is 3. The van der Waals surface area contributed by atoms with E-state index in [0.29, 0.717) is 5.41 Å². The first-order chi connectivity index (χ1) is 12.1. The van der Waals surface area contributed by atoms with Gasteiger partial charge in [0.2, 0.25) is 5.91 Å². The van der Waals surface area contributed by atoms with Crippen LogP contribution in [0.15, 0.2) is 24.3 Å². The molecular weight excluding hydrogens is 312 g/mol. The van der Waals surface area contributed by atoms with E-state index in [4.69, 9.17) is 0 Å². The van der Waals surface area contributed by atoms with Crippen molar-refractivity contribution in [3.63, 3.8) is 0 Å². The summed E-state index contributed by atoms with van der Waals surface area (Å²) in [5, 5.41) is 11.6. The van der Waals surface area contributed by atoms with Crippen LogP contribution in [0.4, 0.5) is 0 Å². The first-order valence-electron chi connectivity index (χ1n) is 9.69. The van der Waals surface area contributed by atoms with Crippen molar-refractivity contribution in [1.29, 1.82) is 0 Å². The molecule has 4 bridgehead atoms. The van der Waals surface area contributed by atoms with Crippen LogP contribution in [-0.2, 0) is 11.3 Å². The molecule has 25 heavy (non-hydrogen) atoms. The highest BCUT2D eigenvalue weighted by Gasteiger charge is 2.53. The summed E-state index contributed by atoms with van der Waals surface area (Å²) in [6.45, 7) is 2.47. The largest absolute Gasteiger partial charge is 0.351 e. The summed E-state index contributed by atoms with van der Waals surface area (Å²) in [5.41, 5.74) is 2.10. The van der Waals surface area contributed by atoms with E-state index >= 15 is 0 Å². The van der Waals surface area contributed by atoms with E-state index in [1.807, 2.05) is 24.3 Å². The zero-order chi connectivity index (χ0) is 17.0. The van der Waals surface area contributed by atoms with Crippen molar-refractivity contribution < 1.29 is 4.79 Å². The third kappa shape index (κ3) is 2.55. The predicted molar refractivity (Wildman–Crippen MR) is 95.7 cm³/mol. The molecule has 6 rings (SSSR count). The van der Waals surface area contributed by atoms with E-state index in [2.05, 4.69) is 22.6 Å². The quantitative estimate of drug-likeness (QED) is 0.931. The topological polar surface area (TPSA) is 59.8 Å². The minimum absolute atomic E-state index is 0.0545. The highest BCUT2D eigenvalue weighted by molar-refractivity contribution is 5.79. The van der Waals surface area contributed by atoms with Gasteiger partial charge in [-0.1, -0.05) is 17.3 Å². The fourth-order valence-electron chi connectivity index (χ4n) is 6.32. The monoisotopic (exact) mass is 338 g/mol. The third-order valence-corrected chi connectivity index (χ3v) is 7.10. The van der Waals surface area contributed by atoms with Gasteiger partial charge < -0.3 is 5.32 Å². The molecule has 2 aromatic rings. The van der Waals surface area contributed by atoms with Crippen molar-refractivity contribution >= 4 is 16.9 Å². The summed E-state index contributed by atoms with van der Waals surface area (Å²) in [6.07, 6.45) is 8.24. The van der Waals surface area contributed by atoms with Crippen molar-refractivity contribution in [3.8, 4) is 0 Å². The van der Waals surface area contributed by atoms with Gasteiger partial charge in [-0.3, -0.25) is 4.79 Å². The van der Waals surface area contributed by atoms with E-state index in [-0.39, 0.29) is 18.5 Å². The maximum absolute atomic E-state index is 12.7. The highest BCUT2D eigenvalue weighted by atomic mass is 16.2. The summed E-state index contributed by atoms with van der Waals surface area (Å²) in [6, 6.07) is 8.04. The Hall–Kier alpha value is -1.91. The number of fused-ring (bicyclic) bond motifs is 1. The summed E-state index contributed by atoms with van der Waals surface area (Å²) in [4.78, 5) is 12.7. The molecule has 0 spiro atoms. The van der Waals surface area contributed by atoms with Gasteiger partial charge in [0.05, 0.1) is 5.52 Å². The maximum Gasteiger partial charge on any atom is 0.242 e. The molecule has 5 nitrogen and oxygen atoms in total. The van der Waals surface area contributed by atoms with E-state index in [0.717, 1.165) is 28.8 Å². The fraction of sp³-hybridized carbons (Fsp3) is 0.650. The van der Waals surface area contributed by atoms with Gasteiger partial charge in [-0.25, -0.2) is 4.68 Å². The lowest BCUT2D eigenvalue weighted by atomic mass is 9.48. The fourth-order valence-corrected chi connectivity index (χ4v) is 6.32. The zero-order valence-electron chi connectivity index (χ0n) is 14.8. The Labute approximate surface area is 148 Å². The number of nitrogens with zero attached hydrogens (tertiary/aromatic N) is 3. The lowest BCUT2D eigenvalue weighted by Crippen LogP contribution is -2.56. The van der Waals surface area contributed by atoms with Gasteiger partial charge in [-0.15, -0.1) is 5.10 Å². The van der Waals surface area contributed by atoms with Crippen LogP contribution in [0.5, 0.6) is 0 Å². The molecule has 1 N–H and O–H groups in total. The van der Waals surface area contributed by atoms with Gasteiger partial charge in [-0.05, 0) is 80.8 Å². The van der Waals surface area contributed by atoms with E-state index in [1.54, 1.807) is 4.68 Å².